The number of likely N-dealkylation sites (tertiary alicyclic amines) is 1. The van der Waals surface area contributed by atoms with Gasteiger partial charge in [-0.25, -0.2) is 0 Å². The lowest BCUT2D eigenvalue weighted by molar-refractivity contribution is 0.0775. The third kappa shape index (κ3) is 5.39. The molecule has 2 atom stereocenters. The van der Waals surface area contributed by atoms with Crippen LogP contribution in [0.3, 0.4) is 0 Å². The average molecular weight is 240 g/mol. The van der Waals surface area contributed by atoms with E-state index in [0.717, 1.165) is 6.54 Å². The monoisotopic (exact) mass is 240 g/mol. The normalized spacial score (nSPS) is 24.5. The third-order valence-corrected chi connectivity index (χ3v) is 3.99. The van der Waals surface area contributed by atoms with Crippen LogP contribution in [0.15, 0.2) is 0 Å². The molecule has 0 aliphatic carbocycles. The van der Waals surface area contributed by atoms with Crippen molar-refractivity contribution in [3.05, 3.63) is 0 Å². The lowest BCUT2D eigenvalue weighted by atomic mass is 9.83. The highest BCUT2D eigenvalue weighted by molar-refractivity contribution is 4.83. The van der Waals surface area contributed by atoms with Crippen LogP contribution in [0.4, 0.5) is 0 Å². The Balaban J connectivity index is 2.33. The first kappa shape index (κ1) is 15.0. The lowest BCUT2D eigenvalue weighted by Crippen LogP contribution is -2.46. The maximum Gasteiger partial charge on any atom is 0.00818 e. The van der Waals surface area contributed by atoms with Gasteiger partial charge in [-0.2, -0.15) is 0 Å². The molecule has 2 unspecified atom stereocenters. The summed E-state index contributed by atoms with van der Waals surface area (Å²) in [5.74, 6) is 0. The minimum absolute atomic E-state index is 0.520. The van der Waals surface area contributed by atoms with E-state index < -0.39 is 0 Å². The quantitative estimate of drug-likeness (QED) is 0.766. The Hall–Kier alpha value is -0.0800. The second-order valence-corrected chi connectivity index (χ2v) is 6.68. The fourth-order valence-electron chi connectivity index (χ4n) is 2.98. The Labute approximate surface area is 108 Å². The summed E-state index contributed by atoms with van der Waals surface area (Å²) in [6.45, 7) is 15.5. The van der Waals surface area contributed by atoms with Gasteiger partial charge in [0, 0.05) is 18.6 Å². The van der Waals surface area contributed by atoms with Crippen LogP contribution in [0.2, 0.25) is 0 Å². The van der Waals surface area contributed by atoms with Crippen molar-refractivity contribution in [1.82, 2.24) is 10.2 Å². The van der Waals surface area contributed by atoms with E-state index in [1.54, 1.807) is 0 Å². The third-order valence-electron chi connectivity index (χ3n) is 3.99. The zero-order valence-corrected chi connectivity index (χ0v) is 12.6. The summed E-state index contributed by atoms with van der Waals surface area (Å²) >= 11 is 0. The maximum absolute atomic E-state index is 3.60. The highest BCUT2D eigenvalue weighted by Crippen LogP contribution is 2.30. The van der Waals surface area contributed by atoms with Gasteiger partial charge in [-0.1, -0.05) is 20.8 Å². The van der Waals surface area contributed by atoms with Crippen LogP contribution in [0.1, 0.15) is 60.3 Å². The van der Waals surface area contributed by atoms with E-state index in [1.165, 1.54) is 38.8 Å². The summed E-state index contributed by atoms with van der Waals surface area (Å²) in [5, 5.41) is 3.60. The zero-order valence-electron chi connectivity index (χ0n) is 12.6. The van der Waals surface area contributed by atoms with E-state index >= 15 is 0 Å². The largest absolute Gasteiger partial charge is 0.314 e. The zero-order chi connectivity index (χ0) is 12.9. The molecule has 1 saturated heterocycles. The van der Waals surface area contributed by atoms with Crippen LogP contribution in [0.25, 0.3) is 0 Å². The van der Waals surface area contributed by atoms with Gasteiger partial charge >= 0.3 is 0 Å². The van der Waals surface area contributed by atoms with E-state index in [0.29, 0.717) is 17.5 Å². The molecular formula is C15H32N2. The van der Waals surface area contributed by atoms with Crippen LogP contribution < -0.4 is 5.32 Å². The Morgan fingerprint density at radius 2 is 2.00 bits per heavy atom. The van der Waals surface area contributed by atoms with E-state index in [4.69, 9.17) is 0 Å². The molecule has 17 heavy (non-hydrogen) atoms. The molecule has 2 nitrogen and oxygen atoms in total. The molecule has 1 fully saturated rings. The Morgan fingerprint density at radius 3 is 2.59 bits per heavy atom. The summed E-state index contributed by atoms with van der Waals surface area (Å²) < 4.78 is 0. The number of piperidine rings is 1. The smallest absolute Gasteiger partial charge is 0.00818 e. The fourth-order valence-corrected chi connectivity index (χ4v) is 2.98. The molecule has 1 aliphatic heterocycles. The number of hydrogen-bond acceptors (Lipinski definition) is 2. The van der Waals surface area contributed by atoms with Crippen molar-refractivity contribution in [3.8, 4) is 0 Å². The number of hydrogen-bond donors (Lipinski definition) is 1. The molecule has 1 heterocycles. The fraction of sp³-hybridized carbons (Fsp3) is 1.00. The van der Waals surface area contributed by atoms with Crippen LogP contribution >= 0.6 is 0 Å². The molecule has 1 aliphatic rings. The van der Waals surface area contributed by atoms with Gasteiger partial charge in [0.25, 0.3) is 0 Å². The summed E-state index contributed by atoms with van der Waals surface area (Å²) in [6.07, 6.45) is 5.26. The van der Waals surface area contributed by atoms with Crippen molar-refractivity contribution in [2.45, 2.75) is 72.4 Å². The highest BCUT2D eigenvalue weighted by Gasteiger charge is 2.29. The van der Waals surface area contributed by atoms with Gasteiger partial charge in [0.1, 0.15) is 0 Å². The van der Waals surface area contributed by atoms with Gasteiger partial charge in [-0.15, -0.1) is 0 Å². The van der Waals surface area contributed by atoms with E-state index in [-0.39, 0.29) is 0 Å². The van der Waals surface area contributed by atoms with Gasteiger partial charge in [-0.05, 0) is 58.0 Å². The molecule has 1 N–H and O–H groups in total. The first-order valence-electron chi connectivity index (χ1n) is 7.42. The van der Waals surface area contributed by atoms with E-state index in [9.17, 15) is 0 Å². The van der Waals surface area contributed by atoms with E-state index in [1.807, 2.05) is 0 Å². The van der Waals surface area contributed by atoms with Crippen molar-refractivity contribution >= 4 is 0 Å². The predicted molar refractivity (Wildman–Crippen MR) is 76.4 cm³/mol. The van der Waals surface area contributed by atoms with Gasteiger partial charge < -0.3 is 10.2 Å². The molecule has 0 aromatic rings. The second-order valence-electron chi connectivity index (χ2n) is 6.68. The number of rotatable bonds is 6. The van der Waals surface area contributed by atoms with Crippen LogP contribution in [0, 0.1) is 5.41 Å². The summed E-state index contributed by atoms with van der Waals surface area (Å²) in [5.41, 5.74) is 0.520. The molecule has 102 valence electrons. The topological polar surface area (TPSA) is 15.3 Å². The Bertz CT molecular complexity index is 213. The summed E-state index contributed by atoms with van der Waals surface area (Å²) in [6, 6.07) is 1.36. The predicted octanol–water partition coefficient (Wildman–Crippen LogP) is 3.28. The minimum Gasteiger partial charge on any atom is -0.314 e. The molecule has 1 rings (SSSR count). The molecule has 0 aromatic heterocycles. The summed E-state index contributed by atoms with van der Waals surface area (Å²) in [7, 11) is 0. The first-order chi connectivity index (χ1) is 7.94. The Morgan fingerprint density at radius 1 is 1.29 bits per heavy atom. The molecule has 0 bridgehead atoms. The van der Waals surface area contributed by atoms with Crippen molar-refractivity contribution < 1.29 is 0 Å². The lowest BCUT2D eigenvalue weighted by Gasteiger charge is -2.42. The highest BCUT2D eigenvalue weighted by atomic mass is 15.2. The van der Waals surface area contributed by atoms with Gasteiger partial charge in [0.15, 0.2) is 0 Å². The Kier molecular flexibility index (Phi) is 5.94. The molecular weight excluding hydrogens is 208 g/mol. The van der Waals surface area contributed by atoms with Crippen molar-refractivity contribution in [2.24, 2.45) is 5.41 Å². The standard InChI is InChI=1S/C15H32N2/c1-6-9-16-13(2)11-14(3)17-10-7-8-15(4,5)12-17/h13-14,16H,6-12H2,1-5H3. The van der Waals surface area contributed by atoms with Crippen molar-refractivity contribution in [2.75, 3.05) is 19.6 Å². The second kappa shape index (κ2) is 6.75. The SMILES string of the molecule is CCCNC(C)CC(C)N1CCCC(C)(C)C1. The van der Waals surface area contributed by atoms with Crippen LogP contribution in [0.5, 0.6) is 0 Å². The maximum atomic E-state index is 3.60. The molecule has 0 aromatic carbocycles. The van der Waals surface area contributed by atoms with Gasteiger partial charge in [-0.3, -0.25) is 0 Å². The van der Waals surface area contributed by atoms with Gasteiger partial charge in [0.2, 0.25) is 0 Å². The van der Waals surface area contributed by atoms with Gasteiger partial charge in [0.05, 0.1) is 0 Å². The molecule has 0 amide bonds. The summed E-state index contributed by atoms with van der Waals surface area (Å²) in [4.78, 5) is 2.69. The van der Waals surface area contributed by atoms with Crippen molar-refractivity contribution in [3.63, 3.8) is 0 Å². The molecule has 0 radical (unpaired) electrons. The first-order valence-corrected chi connectivity index (χ1v) is 7.42. The number of nitrogens with one attached hydrogen (secondary N) is 1. The van der Waals surface area contributed by atoms with Crippen molar-refractivity contribution in [1.29, 1.82) is 0 Å². The molecule has 0 saturated carbocycles. The minimum atomic E-state index is 0.520. The molecule has 0 spiro atoms. The van der Waals surface area contributed by atoms with E-state index in [2.05, 4.69) is 44.8 Å². The number of nitrogens with zero attached hydrogens (tertiary/aromatic N) is 1. The van der Waals surface area contributed by atoms with Crippen LogP contribution in [-0.4, -0.2) is 36.6 Å². The van der Waals surface area contributed by atoms with Crippen LogP contribution in [-0.2, 0) is 0 Å². The average Bonchev–Trinajstić information content (AvgIpc) is 2.25. The molecule has 2 heteroatoms.